The summed E-state index contributed by atoms with van der Waals surface area (Å²) in [5.74, 6) is -1.60. The number of benzene rings is 2. The Morgan fingerprint density at radius 2 is 1.85 bits per heavy atom. The van der Waals surface area contributed by atoms with Gasteiger partial charge in [-0.3, -0.25) is 9.59 Å². The number of carbonyl (C=O) groups excluding carboxylic acids is 1. The van der Waals surface area contributed by atoms with E-state index in [1.165, 1.54) is 24.4 Å². The number of halogens is 1. The predicted octanol–water partition coefficient (Wildman–Crippen LogP) is 2.62. The SMILES string of the molecule is NC(C/C=C/c1ccc(/C=N/NC(=O)c2ccc(O)c(Cl)c2)cc1)C(=O)O. The number of nitrogens with two attached hydrogens (primary N) is 1. The van der Waals surface area contributed by atoms with Crippen LogP contribution in [0.2, 0.25) is 5.02 Å². The lowest BCUT2D eigenvalue weighted by atomic mass is 10.1. The Bertz CT molecular complexity index is 879. The molecule has 1 unspecified atom stereocenters. The summed E-state index contributed by atoms with van der Waals surface area (Å²) in [6, 6.07) is 10.4. The number of phenolic OH excluding ortho intramolecular Hbond substituents is 1. The number of rotatable bonds is 7. The molecule has 0 bridgehead atoms. The molecule has 0 spiro atoms. The standard InChI is InChI=1S/C19H18ClN3O4/c20-15-10-14(8-9-17(15)24)18(25)23-22-11-13-6-4-12(5-7-13)2-1-3-16(21)19(26)27/h1-2,4-11,16,24H,3,21H2,(H,23,25)(H,26,27)/b2-1+,22-11+. The van der Waals surface area contributed by atoms with Crippen LogP contribution in [0.15, 0.2) is 53.6 Å². The Labute approximate surface area is 160 Å². The van der Waals surface area contributed by atoms with Crippen molar-refractivity contribution in [3.63, 3.8) is 0 Å². The Balaban J connectivity index is 1.90. The highest BCUT2D eigenvalue weighted by Crippen LogP contribution is 2.23. The van der Waals surface area contributed by atoms with Crippen molar-refractivity contribution >= 4 is 35.8 Å². The maximum Gasteiger partial charge on any atom is 0.320 e. The highest BCUT2D eigenvalue weighted by molar-refractivity contribution is 6.32. The molecule has 7 nitrogen and oxygen atoms in total. The van der Waals surface area contributed by atoms with Gasteiger partial charge in [0.2, 0.25) is 0 Å². The number of hydrogen-bond donors (Lipinski definition) is 4. The summed E-state index contributed by atoms with van der Waals surface area (Å²) in [7, 11) is 0. The number of carboxylic acids is 1. The monoisotopic (exact) mass is 387 g/mol. The van der Waals surface area contributed by atoms with Gasteiger partial charge in [-0.05, 0) is 35.7 Å². The third-order valence-corrected chi connectivity index (χ3v) is 3.85. The third-order valence-electron chi connectivity index (χ3n) is 3.54. The van der Waals surface area contributed by atoms with Crippen LogP contribution in [0.3, 0.4) is 0 Å². The number of nitrogens with zero attached hydrogens (tertiary/aromatic N) is 1. The van der Waals surface area contributed by atoms with Crippen molar-refractivity contribution < 1.29 is 19.8 Å². The first-order valence-corrected chi connectivity index (χ1v) is 8.31. The van der Waals surface area contributed by atoms with Crippen LogP contribution in [0.25, 0.3) is 6.08 Å². The molecule has 0 radical (unpaired) electrons. The van der Waals surface area contributed by atoms with E-state index < -0.39 is 17.9 Å². The summed E-state index contributed by atoms with van der Waals surface area (Å²) in [6.07, 6.45) is 5.20. The molecule has 0 saturated carbocycles. The average Bonchev–Trinajstić information content (AvgIpc) is 2.65. The van der Waals surface area contributed by atoms with E-state index in [2.05, 4.69) is 10.5 Å². The smallest absolute Gasteiger partial charge is 0.320 e. The molecular weight excluding hydrogens is 370 g/mol. The average molecular weight is 388 g/mol. The van der Waals surface area contributed by atoms with Crippen LogP contribution in [-0.2, 0) is 4.79 Å². The van der Waals surface area contributed by atoms with E-state index in [1.807, 2.05) is 12.1 Å². The zero-order chi connectivity index (χ0) is 19.8. The van der Waals surface area contributed by atoms with Gasteiger partial charge < -0.3 is 15.9 Å². The molecule has 27 heavy (non-hydrogen) atoms. The van der Waals surface area contributed by atoms with Gasteiger partial charge in [0, 0.05) is 5.56 Å². The minimum absolute atomic E-state index is 0.0829. The molecule has 1 atom stereocenters. The van der Waals surface area contributed by atoms with Crippen molar-refractivity contribution in [1.29, 1.82) is 0 Å². The third kappa shape index (κ3) is 6.25. The molecule has 0 saturated heterocycles. The van der Waals surface area contributed by atoms with Crippen LogP contribution >= 0.6 is 11.6 Å². The van der Waals surface area contributed by atoms with E-state index in [0.717, 1.165) is 11.1 Å². The van der Waals surface area contributed by atoms with Gasteiger partial charge in [-0.1, -0.05) is 48.0 Å². The number of nitrogens with one attached hydrogen (secondary N) is 1. The quantitative estimate of drug-likeness (QED) is 0.429. The Morgan fingerprint density at radius 3 is 2.48 bits per heavy atom. The van der Waals surface area contributed by atoms with E-state index >= 15 is 0 Å². The maximum absolute atomic E-state index is 11.9. The van der Waals surface area contributed by atoms with Gasteiger partial charge in [-0.25, -0.2) is 5.43 Å². The summed E-state index contributed by atoms with van der Waals surface area (Å²) < 4.78 is 0. The summed E-state index contributed by atoms with van der Waals surface area (Å²) in [5, 5.41) is 22.0. The second-order valence-corrected chi connectivity index (χ2v) is 6.02. The van der Waals surface area contributed by atoms with E-state index in [9.17, 15) is 14.7 Å². The van der Waals surface area contributed by atoms with Crippen LogP contribution in [-0.4, -0.2) is 34.3 Å². The predicted molar refractivity (Wildman–Crippen MR) is 104 cm³/mol. The Morgan fingerprint density at radius 1 is 1.19 bits per heavy atom. The molecule has 8 heteroatoms. The zero-order valence-electron chi connectivity index (χ0n) is 14.2. The molecule has 0 aliphatic heterocycles. The topological polar surface area (TPSA) is 125 Å². The van der Waals surface area contributed by atoms with E-state index in [1.54, 1.807) is 24.3 Å². The zero-order valence-corrected chi connectivity index (χ0v) is 14.9. The minimum Gasteiger partial charge on any atom is -0.506 e. The number of aliphatic carboxylic acids is 1. The van der Waals surface area contributed by atoms with Crippen molar-refractivity contribution in [2.75, 3.05) is 0 Å². The maximum atomic E-state index is 11.9. The summed E-state index contributed by atoms with van der Waals surface area (Å²) in [6.45, 7) is 0. The fourth-order valence-electron chi connectivity index (χ4n) is 2.02. The van der Waals surface area contributed by atoms with Gasteiger partial charge in [0.05, 0.1) is 11.2 Å². The van der Waals surface area contributed by atoms with Gasteiger partial charge in [-0.15, -0.1) is 0 Å². The molecule has 2 rings (SSSR count). The van der Waals surface area contributed by atoms with Crippen LogP contribution in [0.1, 0.15) is 27.9 Å². The molecule has 2 aromatic carbocycles. The fraction of sp³-hybridized carbons (Fsp3) is 0.105. The van der Waals surface area contributed by atoms with Crippen molar-refractivity contribution in [2.24, 2.45) is 10.8 Å². The number of hydrogen-bond acceptors (Lipinski definition) is 5. The van der Waals surface area contributed by atoms with E-state index in [-0.39, 0.29) is 22.8 Å². The lowest BCUT2D eigenvalue weighted by Gasteiger charge is -2.02. The molecule has 0 aliphatic rings. The van der Waals surface area contributed by atoms with Crippen LogP contribution < -0.4 is 11.2 Å². The second-order valence-electron chi connectivity index (χ2n) is 5.61. The number of amides is 1. The lowest BCUT2D eigenvalue weighted by Crippen LogP contribution is -2.29. The van der Waals surface area contributed by atoms with Gasteiger partial charge in [0.15, 0.2) is 0 Å². The van der Waals surface area contributed by atoms with E-state index in [0.29, 0.717) is 0 Å². The number of carbonyl (C=O) groups is 2. The molecule has 0 aliphatic carbocycles. The van der Waals surface area contributed by atoms with Crippen molar-refractivity contribution in [2.45, 2.75) is 12.5 Å². The van der Waals surface area contributed by atoms with Crippen molar-refractivity contribution in [1.82, 2.24) is 5.43 Å². The van der Waals surface area contributed by atoms with Crippen LogP contribution in [0.5, 0.6) is 5.75 Å². The molecule has 140 valence electrons. The van der Waals surface area contributed by atoms with E-state index in [4.69, 9.17) is 22.4 Å². The molecule has 0 aromatic heterocycles. The summed E-state index contributed by atoms with van der Waals surface area (Å²) in [5.41, 5.74) is 9.71. The first-order valence-electron chi connectivity index (χ1n) is 7.93. The molecule has 2 aromatic rings. The van der Waals surface area contributed by atoms with Crippen molar-refractivity contribution in [3.8, 4) is 5.75 Å². The highest BCUT2D eigenvalue weighted by atomic mass is 35.5. The molecule has 5 N–H and O–H groups in total. The van der Waals surface area contributed by atoms with Gasteiger partial charge in [0.25, 0.3) is 5.91 Å². The van der Waals surface area contributed by atoms with Crippen LogP contribution in [0.4, 0.5) is 0 Å². The Hall–Kier alpha value is -3.16. The first-order chi connectivity index (χ1) is 12.9. The first kappa shape index (κ1) is 20.2. The van der Waals surface area contributed by atoms with Gasteiger partial charge in [0.1, 0.15) is 11.8 Å². The summed E-state index contributed by atoms with van der Waals surface area (Å²) >= 11 is 5.76. The Kier molecular flexibility index (Phi) is 7.10. The van der Waals surface area contributed by atoms with Crippen molar-refractivity contribution in [3.05, 3.63) is 70.3 Å². The second kappa shape index (κ2) is 9.51. The molecule has 0 fully saturated rings. The molecule has 1 amide bonds. The molecular formula is C19H18ClN3O4. The number of phenols is 1. The molecule has 0 heterocycles. The highest BCUT2D eigenvalue weighted by Gasteiger charge is 2.08. The fourth-order valence-corrected chi connectivity index (χ4v) is 2.20. The van der Waals surface area contributed by atoms with Crippen LogP contribution in [0, 0.1) is 0 Å². The van der Waals surface area contributed by atoms with Gasteiger partial charge in [-0.2, -0.15) is 5.10 Å². The largest absolute Gasteiger partial charge is 0.506 e. The lowest BCUT2D eigenvalue weighted by molar-refractivity contribution is -0.138. The minimum atomic E-state index is -1.04. The number of hydrazone groups is 1. The normalized spacial score (nSPS) is 12.4. The van der Waals surface area contributed by atoms with Gasteiger partial charge >= 0.3 is 5.97 Å². The number of aromatic hydroxyl groups is 1. The summed E-state index contributed by atoms with van der Waals surface area (Å²) in [4.78, 5) is 22.6. The number of carboxylic acid groups (broad SMARTS) is 1.